The minimum Gasteiger partial charge on any atom is -0.371 e. The van der Waals surface area contributed by atoms with Crippen LogP contribution in [0.5, 0.6) is 0 Å². The number of para-hydroxylation sites is 2. The summed E-state index contributed by atoms with van der Waals surface area (Å²) in [7, 11) is 2.08. The van der Waals surface area contributed by atoms with E-state index in [-0.39, 0.29) is 5.91 Å². The molecule has 1 aromatic carbocycles. The van der Waals surface area contributed by atoms with Crippen LogP contribution in [0.15, 0.2) is 24.3 Å². The third kappa shape index (κ3) is 2.45. The summed E-state index contributed by atoms with van der Waals surface area (Å²) in [5.41, 5.74) is 2.21. The van der Waals surface area contributed by atoms with Gasteiger partial charge in [0.05, 0.1) is 11.4 Å². The van der Waals surface area contributed by atoms with Crippen LogP contribution >= 0.6 is 0 Å². The predicted molar refractivity (Wildman–Crippen MR) is 77.7 cm³/mol. The lowest BCUT2D eigenvalue weighted by Gasteiger charge is -2.36. The summed E-state index contributed by atoms with van der Waals surface area (Å²) in [5.74, 6) is 0.250. The Morgan fingerprint density at radius 2 is 2.11 bits per heavy atom. The summed E-state index contributed by atoms with van der Waals surface area (Å²) in [6.45, 7) is 2.75. The van der Waals surface area contributed by atoms with Crippen molar-refractivity contribution in [3.8, 4) is 0 Å². The van der Waals surface area contributed by atoms with Crippen LogP contribution in [0.3, 0.4) is 0 Å². The number of rotatable bonds is 2. The van der Waals surface area contributed by atoms with Gasteiger partial charge in [-0.25, -0.2) is 0 Å². The summed E-state index contributed by atoms with van der Waals surface area (Å²) >= 11 is 0. The first-order valence-electron chi connectivity index (χ1n) is 7.09. The van der Waals surface area contributed by atoms with Gasteiger partial charge in [0, 0.05) is 32.6 Å². The van der Waals surface area contributed by atoms with Gasteiger partial charge in [0.2, 0.25) is 5.91 Å². The van der Waals surface area contributed by atoms with E-state index in [2.05, 4.69) is 23.3 Å². The van der Waals surface area contributed by atoms with Crippen LogP contribution < -0.4 is 15.1 Å². The van der Waals surface area contributed by atoms with Crippen molar-refractivity contribution in [1.82, 2.24) is 5.32 Å². The number of benzene rings is 1. The van der Waals surface area contributed by atoms with Gasteiger partial charge in [-0.15, -0.1) is 0 Å². The maximum absolute atomic E-state index is 12.5. The highest BCUT2D eigenvalue weighted by molar-refractivity contribution is 5.98. The Hall–Kier alpha value is -1.55. The molecule has 0 aliphatic carbocycles. The van der Waals surface area contributed by atoms with E-state index in [1.165, 1.54) is 6.42 Å². The molecule has 2 heterocycles. The average Bonchev–Trinajstić information content (AvgIpc) is 2.92. The maximum atomic E-state index is 12.5. The SMILES string of the molecule is CN1CCN(C(=O)CC2CCCN2)c2ccccc21. The summed E-state index contributed by atoms with van der Waals surface area (Å²) in [5, 5.41) is 3.40. The number of hydrogen-bond acceptors (Lipinski definition) is 3. The molecule has 0 bridgehead atoms. The highest BCUT2D eigenvalue weighted by atomic mass is 16.2. The van der Waals surface area contributed by atoms with E-state index in [1.54, 1.807) is 0 Å². The molecule has 19 heavy (non-hydrogen) atoms. The Morgan fingerprint density at radius 1 is 1.32 bits per heavy atom. The first-order chi connectivity index (χ1) is 9.25. The molecule has 2 aliphatic rings. The standard InChI is InChI=1S/C15H21N3O/c1-17-9-10-18(14-7-3-2-6-13(14)17)15(19)11-12-5-4-8-16-12/h2-3,6-7,12,16H,4-5,8-11H2,1H3. The van der Waals surface area contributed by atoms with Crippen molar-refractivity contribution in [2.45, 2.75) is 25.3 Å². The van der Waals surface area contributed by atoms with Gasteiger partial charge in [-0.2, -0.15) is 0 Å². The fourth-order valence-corrected chi connectivity index (χ4v) is 3.02. The maximum Gasteiger partial charge on any atom is 0.228 e. The summed E-state index contributed by atoms with van der Waals surface area (Å²) in [4.78, 5) is 16.7. The highest BCUT2D eigenvalue weighted by Crippen LogP contribution is 2.32. The molecule has 4 nitrogen and oxygen atoms in total. The van der Waals surface area contributed by atoms with E-state index in [1.807, 2.05) is 23.1 Å². The highest BCUT2D eigenvalue weighted by Gasteiger charge is 2.27. The lowest BCUT2D eigenvalue weighted by atomic mass is 10.1. The second-order valence-electron chi connectivity index (χ2n) is 5.45. The summed E-state index contributed by atoms with van der Waals surface area (Å²) in [6.07, 6.45) is 2.94. The minimum absolute atomic E-state index is 0.250. The number of likely N-dealkylation sites (N-methyl/N-ethyl adjacent to an activating group) is 1. The van der Waals surface area contributed by atoms with Crippen molar-refractivity contribution in [1.29, 1.82) is 0 Å². The van der Waals surface area contributed by atoms with Crippen molar-refractivity contribution in [3.63, 3.8) is 0 Å². The molecule has 1 unspecified atom stereocenters. The topological polar surface area (TPSA) is 35.6 Å². The van der Waals surface area contributed by atoms with Gasteiger partial charge in [-0.3, -0.25) is 4.79 Å². The molecule has 0 saturated carbocycles. The minimum atomic E-state index is 0.250. The Morgan fingerprint density at radius 3 is 2.84 bits per heavy atom. The van der Waals surface area contributed by atoms with Crippen LogP contribution in [-0.4, -0.2) is 38.6 Å². The van der Waals surface area contributed by atoms with Crippen LogP contribution in [0.1, 0.15) is 19.3 Å². The number of carbonyl (C=O) groups is 1. The Balaban J connectivity index is 1.77. The van der Waals surface area contributed by atoms with Crippen molar-refractivity contribution in [2.24, 2.45) is 0 Å². The van der Waals surface area contributed by atoms with Crippen molar-refractivity contribution in [3.05, 3.63) is 24.3 Å². The molecule has 1 aromatic rings. The van der Waals surface area contributed by atoms with Gasteiger partial charge in [0.25, 0.3) is 0 Å². The quantitative estimate of drug-likeness (QED) is 0.876. The molecule has 0 aromatic heterocycles. The molecule has 2 aliphatic heterocycles. The van der Waals surface area contributed by atoms with Gasteiger partial charge < -0.3 is 15.1 Å². The van der Waals surface area contributed by atoms with E-state index >= 15 is 0 Å². The molecular formula is C15H21N3O. The molecule has 0 spiro atoms. The Bertz CT molecular complexity index is 468. The van der Waals surface area contributed by atoms with Gasteiger partial charge in [0.15, 0.2) is 0 Å². The lowest BCUT2D eigenvalue weighted by molar-refractivity contribution is -0.119. The molecule has 0 radical (unpaired) electrons. The zero-order valence-corrected chi connectivity index (χ0v) is 11.4. The van der Waals surface area contributed by atoms with Gasteiger partial charge in [0.1, 0.15) is 0 Å². The second kappa shape index (κ2) is 5.21. The molecule has 102 valence electrons. The normalized spacial score (nSPS) is 22.5. The number of hydrogen-bond donors (Lipinski definition) is 1. The predicted octanol–water partition coefficient (Wildman–Crippen LogP) is 1.61. The van der Waals surface area contributed by atoms with Crippen LogP contribution in [0.2, 0.25) is 0 Å². The number of anilines is 2. The van der Waals surface area contributed by atoms with Gasteiger partial charge in [-0.1, -0.05) is 12.1 Å². The van der Waals surface area contributed by atoms with Gasteiger partial charge in [-0.05, 0) is 31.5 Å². The summed E-state index contributed by atoms with van der Waals surface area (Å²) in [6, 6.07) is 8.54. The number of nitrogens with one attached hydrogen (secondary N) is 1. The number of amides is 1. The van der Waals surface area contributed by atoms with E-state index in [4.69, 9.17) is 0 Å². The Labute approximate surface area is 114 Å². The number of carbonyl (C=O) groups excluding carboxylic acids is 1. The lowest BCUT2D eigenvalue weighted by Crippen LogP contribution is -2.44. The van der Waals surface area contributed by atoms with Crippen LogP contribution in [-0.2, 0) is 4.79 Å². The molecule has 3 rings (SSSR count). The number of fused-ring (bicyclic) bond motifs is 1. The smallest absolute Gasteiger partial charge is 0.228 e. The van der Waals surface area contributed by atoms with Gasteiger partial charge >= 0.3 is 0 Å². The molecule has 1 saturated heterocycles. The van der Waals surface area contributed by atoms with E-state index in [0.717, 1.165) is 37.4 Å². The fraction of sp³-hybridized carbons (Fsp3) is 0.533. The Kier molecular flexibility index (Phi) is 3.42. The van der Waals surface area contributed by atoms with E-state index < -0.39 is 0 Å². The molecule has 4 heteroatoms. The average molecular weight is 259 g/mol. The number of nitrogens with zero attached hydrogens (tertiary/aromatic N) is 2. The second-order valence-corrected chi connectivity index (χ2v) is 5.45. The summed E-state index contributed by atoms with van der Waals surface area (Å²) < 4.78 is 0. The van der Waals surface area contributed by atoms with Crippen LogP contribution in [0, 0.1) is 0 Å². The van der Waals surface area contributed by atoms with Crippen LogP contribution in [0.4, 0.5) is 11.4 Å². The first kappa shape index (κ1) is 12.5. The zero-order valence-electron chi connectivity index (χ0n) is 11.4. The van der Waals surface area contributed by atoms with E-state index in [9.17, 15) is 4.79 Å². The van der Waals surface area contributed by atoms with Crippen molar-refractivity contribution in [2.75, 3.05) is 36.5 Å². The molecule has 1 atom stereocenters. The first-order valence-corrected chi connectivity index (χ1v) is 7.09. The van der Waals surface area contributed by atoms with Crippen molar-refractivity contribution < 1.29 is 4.79 Å². The molecule has 1 fully saturated rings. The fourth-order valence-electron chi connectivity index (χ4n) is 3.02. The van der Waals surface area contributed by atoms with E-state index in [0.29, 0.717) is 12.5 Å². The van der Waals surface area contributed by atoms with Crippen molar-refractivity contribution >= 4 is 17.3 Å². The molecule has 1 amide bonds. The molecule has 1 N–H and O–H groups in total. The largest absolute Gasteiger partial charge is 0.371 e. The third-order valence-electron chi connectivity index (χ3n) is 4.13. The monoisotopic (exact) mass is 259 g/mol. The zero-order chi connectivity index (χ0) is 13.2. The molecular weight excluding hydrogens is 238 g/mol. The third-order valence-corrected chi connectivity index (χ3v) is 4.13. The van der Waals surface area contributed by atoms with Crippen LogP contribution in [0.25, 0.3) is 0 Å².